The Kier molecular flexibility index (Phi) is 13.6. The Morgan fingerprint density at radius 2 is 0.694 bits per heavy atom. The molecule has 1 saturated heterocycles. The van der Waals surface area contributed by atoms with Gasteiger partial charge in [0.25, 0.3) is 0 Å². The van der Waals surface area contributed by atoms with Gasteiger partial charge in [0, 0.05) is 34.1 Å². The lowest BCUT2D eigenvalue weighted by molar-refractivity contribution is -0.944. The Morgan fingerprint density at radius 3 is 0.984 bits per heavy atom. The third-order valence-corrected chi connectivity index (χ3v) is 14.0. The number of benzene rings is 6. The number of nitrogens with zero attached hydrogens (tertiary/aromatic N) is 2. The number of aryl methyl sites for hydroxylation is 4. The van der Waals surface area contributed by atoms with Crippen molar-refractivity contribution >= 4 is 0 Å². The van der Waals surface area contributed by atoms with Gasteiger partial charge in [-0.3, -0.25) is 0 Å². The first-order valence-electron chi connectivity index (χ1n) is 23.3. The molecule has 6 aromatic carbocycles. The summed E-state index contributed by atoms with van der Waals surface area (Å²) in [5.41, 5.74) is 13.3. The molecule has 322 valence electrons. The molecule has 0 radical (unpaired) electrons. The van der Waals surface area contributed by atoms with Crippen LogP contribution in [0.15, 0.2) is 158 Å². The van der Waals surface area contributed by atoms with Gasteiger partial charge in [-0.2, -0.15) is 0 Å². The zero-order valence-corrected chi connectivity index (χ0v) is 38.3. The summed E-state index contributed by atoms with van der Waals surface area (Å²) in [4.78, 5) is 0. The van der Waals surface area contributed by atoms with E-state index in [1.54, 1.807) is 0 Å². The quantitative estimate of drug-likeness (QED) is 0.0905. The topological polar surface area (TPSA) is 18.5 Å². The van der Waals surface area contributed by atoms with E-state index < -0.39 is 5.79 Å². The van der Waals surface area contributed by atoms with Crippen molar-refractivity contribution in [1.29, 1.82) is 0 Å². The molecule has 6 aromatic rings. The van der Waals surface area contributed by atoms with E-state index >= 15 is 0 Å². The number of quaternary nitrogens is 2. The zero-order valence-electron chi connectivity index (χ0n) is 38.3. The van der Waals surface area contributed by atoms with E-state index in [0.717, 1.165) is 73.9 Å². The highest BCUT2D eigenvalue weighted by molar-refractivity contribution is 5.25. The second kappa shape index (κ2) is 19.3. The first-order chi connectivity index (χ1) is 29.9. The molecule has 2 aliphatic rings. The van der Waals surface area contributed by atoms with Gasteiger partial charge in [-0.05, 0) is 64.5 Å². The Labute approximate surface area is 373 Å². The van der Waals surface area contributed by atoms with Gasteiger partial charge >= 0.3 is 0 Å². The maximum atomic E-state index is 8.01. The summed E-state index contributed by atoms with van der Waals surface area (Å²) in [5, 5.41) is 0. The van der Waals surface area contributed by atoms with Crippen LogP contribution in [0.3, 0.4) is 0 Å². The van der Waals surface area contributed by atoms with E-state index in [9.17, 15) is 0 Å². The van der Waals surface area contributed by atoms with E-state index in [2.05, 4.69) is 200 Å². The van der Waals surface area contributed by atoms with Crippen LogP contribution in [-0.4, -0.2) is 54.1 Å². The maximum absolute atomic E-state index is 8.01. The van der Waals surface area contributed by atoms with E-state index in [0.29, 0.717) is 0 Å². The Hall–Kier alpha value is -4.84. The van der Waals surface area contributed by atoms with E-state index in [4.69, 9.17) is 9.47 Å². The maximum Gasteiger partial charge on any atom is 0.176 e. The molecule has 8 rings (SSSR count). The second-order valence-electron chi connectivity index (χ2n) is 19.9. The molecule has 1 spiro atoms. The summed E-state index contributed by atoms with van der Waals surface area (Å²) in [5.74, 6) is -0.238. The predicted octanol–water partition coefficient (Wildman–Crippen LogP) is 12.3. The van der Waals surface area contributed by atoms with Gasteiger partial charge in [0.2, 0.25) is 0 Å². The molecule has 0 N–H and O–H groups in total. The third kappa shape index (κ3) is 11.0. The number of rotatable bonds is 16. The molecule has 4 unspecified atom stereocenters. The number of hydrogen-bond acceptors (Lipinski definition) is 2. The fourth-order valence-electron chi connectivity index (χ4n) is 10.8. The van der Waals surface area contributed by atoms with Crippen molar-refractivity contribution in [3.05, 3.63) is 213 Å². The Morgan fingerprint density at radius 1 is 0.403 bits per heavy atom. The zero-order chi connectivity index (χ0) is 43.2. The minimum Gasteiger partial charge on any atom is -0.337 e. The molecule has 0 aromatic heterocycles. The van der Waals surface area contributed by atoms with Crippen LogP contribution in [0.1, 0.15) is 74.9 Å². The van der Waals surface area contributed by atoms with Crippen molar-refractivity contribution in [3.63, 3.8) is 0 Å². The predicted molar refractivity (Wildman–Crippen MR) is 255 cm³/mol. The van der Waals surface area contributed by atoms with Crippen LogP contribution in [0.2, 0.25) is 0 Å². The van der Waals surface area contributed by atoms with Crippen LogP contribution < -0.4 is 0 Å². The Bertz CT molecular complexity index is 2040. The van der Waals surface area contributed by atoms with Gasteiger partial charge in [0.1, 0.15) is 51.5 Å². The van der Waals surface area contributed by atoms with E-state index in [-0.39, 0.29) is 24.0 Å². The molecule has 0 bridgehead atoms. The van der Waals surface area contributed by atoms with Gasteiger partial charge in [-0.25, -0.2) is 0 Å². The molecule has 1 aliphatic carbocycles. The summed E-state index contributed by atoms with van der Waals surface area (Å²) < 4.78 is 17.7. The SMILES string of the molecule is Cc1ccc(C[N+](C)(Cc2ccc(C)cc2)CC2OC3(OC2C[N+](C)(Cc2ccc(C)cc2)Cc2ccc(C)cc2)C(Cc2ccccc2)CCCC3Cc2ccccc2)cc1. The minimum absolute atomic E-state index is 0.112. The number of hydrogen-bond donors (Lipinski definition) is 0. The highest BCUT2D eigenvalue weighted by Crippen LogP contribution is 2.51. The summed E-state index contributed by atoms with van der Waals surface area (Å²) in [6.07, 6.45) is 5.04. The normalized spacial score (nSPS) is 21.6. The molecule has 62 heavy (non-hydrogen) atoms. The molecule has 4 atom stereocenters. The lowest BCUT2D eigenvalue weighted by Gasteiger charge is -2.46. The molecule has 1 heterocycles. The molecule has 1 aliphatic heterocycles. The average Bonchev–Trinajstić information content (AvgIpc) is 3.60. The Balaban J connectivity index is 1.22. The summed E-state index contributed by atoms with van der Waals surface area (Å²) in [6.45, 7) is 14.1. The lowest BCUT2D eigenvalue weighted by Crippen LogP contribution is -2.54. The van der Waals surface area contributed by atoms with Crippen molar-refractivity contribution in [2.75, 3.05) is 27.2 Å². The van der Waals surface area contributed by atoms with Crippen molar-refractivity contribution in [1.82, 2.24) is 0 Å². The van der Waals surface area contributed by atoms with Gasteiger partial charge in [0.15, 0.2) is 5.79 Å². The summed E-state index contributed by atoms with van der Waals surface area (Å²) in [7, 11) is 4.92. The minimum atomic E-state index is -0.712. The van der Waals surface area contributed by atoms with Crippen LogP contribution in [0.25, 0.3) is 0 Å². The molecule has 1 saturated carbocycles. The monoisotopic (exact) mass is 827 g/mol. The van der Waals surface area contributed by atoms with Crippen LogP contribution in [-0.2, 0) is 48.5 Å². The highest BCUT2D eigenvalue weighted by Gasteiger charge is 2.60. The number of likely N-dealkylation sites (N-methyl/N-ethyl adjacent to an activating group) is 2. The van der Waals surface area contributed by atoms with Gasteiger partial charge in [-0.15, -0.1) is 0 Å². The summed E-state index contributed by atoms with van der Waals surface area (Å²) >= 11 is 0. The highest BCUT2D eigenvalue weighted by atomic mass is 16.8. The largest absolute Gasteiger partial charge is 0.337 e. The van der Waals surface area contributed by atoms with Crippen LogP contribution in [0.4, 0.5) is 0 Å². The van der Waals surface area contributed by atoms with Gasteiger partial charge in [-0.1, -0.05) is 186 Å². The van der Waals surface area contributed by atoms with E-state index in [1.165, 1.54) is 62.1 Å². The molecular weight excluding hydrogens is 757 g/mol. The smallest absolute Gasteiger partial charge is 0.176 e. The van der Waals surface area contributed by atoms with Crippen molar-refractivity contribution < 1.29 is 18.4 Å². The molecule has 2 fully saturated rings. The fraction of sp³-hybridized carbons (Fsp3) is 0.379. The average molecular weight is 827 g/mol. The van der Waals surface area contributed by atoms with Crippen LogP contribution in [0, 0.1) is 39.5 Å². The first kappa shape index (κ1) is 43.8. The lowest BCUT2D eigenvalue weighted by atomic mass is 9.71. The van der Waals surface area contributed by atoms with Crippen molar-refractivity contribution in [3.8, 4) is 0 Å². The van der Waals surface area contributed by atoms with E-state index in [1.807, 2.05) is 0 Å². The molecular formula is C58H70N2O2+2. The van der Waals surface area contributed by atoms with Gasteiger partial charge < -0.3 is 18.4 Å². The van der Waals surface area contributed by atoms with Crippen LogP contribution in [0.5, 0.6) is 0 Å². The molecule has 0 amide bonds. The molecule has 4 nitrogen and oxygen atoms in total. The third-order valence-electron chi connectivity index (χ3n) is 14.0. The second-order valence-corrected chi connectivity index (χ2v) is 19.9. The fourth-order valence-corrected chi connectivity index (χ4v) is 10.8. The van der Waals surface area contributed by atoms with Crippen molar-refractivity contribution in [2.24, 2.45) is 11.8 Å². The molecule has 4 heteroatoms. The summed E-state index contributed by atoms with van der Waals surface area (Å²) in [6, 6.07) is 59.0. The van der Waals surface area contributed by atoms with Crippen LogP contribution >= 0.6 is 0 Å². The first-order valence-corrected chi connectivity index (χ1v) is 23.3. The standard InChI is InChI=1S/C58H70N2O2/c1-44-20-28-50(29-21-44)38-59(5,39-51-30-22-45(2)23-31-51)42-56-57(43-60(6,40-52-32-24-46(3)25-33-52)41-53-34-26-47(4)27-35-53)62-58(61-56)54(36-48-14-9-7-10-15-48)18-13-19-55(58)37-49-16-11-8-12-17-49/h7-12,14-17,20-35,54-57H,13,18-19,36-43H2,1-6H3/q+2. The number of ether oxygens (including phenoxy) is 2. The van der Waals surface area contributed by atoms with Crippen molar-refractivity contribution in [2.45, 2.75) is 104 Å². The van der Waals surface area contributed by atoms with Gasteiger partial charge in [0.05, 0.1) is 14.1 Å².